The van der Waals surface area contributed by atoms with E-state index < -0.39 is 17.3 Å². The number of hydrogen-bond donors (Lipinski definition) is 2. The molecule has 0 aliphatic heterocycles. The van der Waals surface area contributed by atoms with E-state index in [1.54, 1.807) is 6.07 Å². The number of amides is 1. The lowest BCUT2D eigenvalue weighted by atomic mass is 9.96. The van der Waals surface area contributed by atoms with Crippen LogP contribution in [0.2, 0.25) is 0 Å². The van der Waals surface area contributed by atoms with Gasteiger partial charge in [0.25, 0.3) is 5.91 Å². The van der Waals surface area contributed by atoms with E-state index in [4.69, 9.17) is 18.0 Å². The van der Waals surface area contributed by atoms with Crippen LogP contribution in [-0.4, -0.2) is 16.4 Å². The number of nitrogens with two attached hydrogens (primary N) is 1. The molecular formula is C14H17FN2OS. The summed E-state index contributed by atoms with van der Waals surface area (Å²) < 4.78 is 13.7. The molecule has 5 heteroatoms. The number of nitrogens with one attached hydrogen (secondary N) is 1. The van der Waals surface area contributed by atoms with Crippen LogP contribution in [-0.2, 0) is 0 Å². The Bertz CT molecular complexity index is 524. The first-order valence-corrected chi connectivity index (χ1v) is 6.74. The Morgan fingerprint density at radius 3 is 2.63 bits per heavy atom. The van der Waals surface area contributed by atoms with Crippen LogP contribution in [0.5, 0.6) is 0 Å². The van der Waals surface area contributed by atoms with Gasteiger partial charge in [-0.15, -0.1) is 0 Å². The average molecular weight is 280 g/mol. The summed E-state index contributed by atoms with van der Waals surface area (Å²) in [6, 6.07) is 4.46. The second-order valence-electron chi connectivity index (χ2n) is 5.09. The predicted molar refractivity (Wildman–Crippen MR) is 76.6 cm³/mol. The van der Waals surface area contributed by atoms with Crippen molar-refractivity contribution in [2.24, 2.45) is 5.73 Å². The number of thiocarbonyl (C=S) groups is 1. The van der Waals surface area contributed by atoms with Gasteiger partial charge in [0.2, 0.25) is 0 Å². The van der Waals surface area contributed by atoms with Gasteiger partial charge in [-0.3, -0.25) is 4.79 Å². The number of hydrogen-bond acceptors (Lipinski definition) is 2. The van der Waals surface area contributed by atoms with Crippen molar-refractivity contribution >= 4 is 23.1 Å². The van der Waals surface area contributed by atoms with Crippen molar-refractivity contribution in [3.63, 3.8) is 0 Å². The van der Waals surface area contributed by atoms with E-state index in [0.717, 1.165) is 31.2 Å². The highest BCUT2D eigenvalue weighted by Crippen LogP contribution is 2.30. The van der Waals surface area contributed by atoms with Crippen molar-refractivity contribution < 1.29 is 9.18 Å². The highest BCUT2D eigenvalue weighted by Gasteiger charge is 2.38. The van der Waals surface area contributed by atoms with Gasteiger partial charge in [0.05, 0.1) is 16.1 Å². The maximum atomic E-state index is 13.7. The van der Waals surface area contributed by atoms with Gasteiger partial charge < -0.3 is 11.1 Å². The predicted octanol–water partition coefficient (Wildman–Crippen LogP) is 2.46. The molecular weight excluding hydrogens is 263 g/mol. The van der Waals surface area contributed by atoms with Crippen molar-refractivity contribution in [3.05, 3.63) is 35.1 Å². The van der Waals surface area contributed by atoms with Crippen LogP contribution in [0.15, 0.2) is 18.2 Å². The summed E-state index contributed by atoms with van der Waals surface area (Å²) in [6.07, 6.45) is 3.38. The summed E-state index contributed by atoms with van der Waals surface area (Å²) in [7, 11) is 0. The molecule has 1 amide bonds. The van der Waals surface area contributed by atoms with E-state index in [0.29, 0.717) is 0 Å². The number of rotatable bonds is 3. The highest BCUT2D eigenvalue weighted by molar-refractivity contribution is 7.80. The molecule has 0 unspecified atom stereocenters. The second-order valence-corrected chi connectivity index (χ2v) is 5.53. The zero-order valence-electron chi connectivity index (χ0n) is 10.8. The second kappa shape index (κ2) is 5.25. The van der Waals surface area contributed by atoms with Crippen molar-refractivity contribution in [1.29, 1.82) is 0 Å². The molecule has 0 atom stereocenters. The Hall–Kier alpha value is -1.49. The fourth-order valence-electron chi connectivity index (χ4n) is 2.51. The minimum absolute atomic E-state index is 0.0440. The molecule has 102 valence electrons. The first-order chi connectivity index (χ1) is 8.94. The van der Waals surface area contributed by atoms with Gasteiger partial charge in [0.15, 0.2) is 0 Å². The molecule has 0 saturated heterocycles. The van der Waals surface area contributed by atoms with Gasteiger partial charge >= 0.3 is 0 Å². The summed E-state index contributed by atoms with van der Waals surface area (Å²) in [6.45, 7) is 1.81. The number of carbonyl (C=O) groups excluding carboxylic acids is 1. The van der Waals surface area contributed by atoms with Crippen LogP contribution in [0.25, 0.3) is 0 Å². The van der Waals surface area contributed by atoms with Crippen LogP contribution in [0.3, 0.4) is 0 Å². The number of benzene rings is 1. The van der Waals surface area contributed by atoms with Gasteiger partial charge in [-0.1, -0.05) is 36.7 Å². The average Bonchev–Trinajstić information content (AvgIpc) is 2.82. The molecule has 1 fully saturated rings. The monoisotopic (exact) mass is 280 g/mol. The zero-order valence-corrected chi connectivity index (χ0v) is 11.6. The first kappa shape index (κ1) is 13.9. The SMILES string of the molecule is Cc1ccc(F)c(C(=O)NC2(C(N)=S)CCCC2)c1. The highest BCUT2D eigenvalue weighted by atomic mass is 32.1. The number of halogens is 1. The number of carbonyl (C=O) groups is 1. The summed E-state index contributed by atoms with van der Waals surface area (Å²) in [5.74, 6) is -0.977. The molecule has 0 bridgehead atoms. The van der Waals surface area contributed by atoms with Crippen LogP contribution in [0.1, 0.15) is 41.6 Å². The molecule has 3 N–H and O–H groups in total. The van der Waals surface area contributed by atoms with Crippen molar-refractivity contribution in [3.8, 4) is 0 Å². The van der Waals surface area contributed by atoms with Crippen molar-refractivity contribution in [1.82, 2.24) is 5.32 Å². The smallest absolute Gasteiger partial charge is 0.255 e. The maximum Gasteiger partial charge on any atom is 0.255 e. The standard InChI is InChI=1S/C14H17FN2OS/c1-9-4-5-11(15)10(8-9)12(18)17-14(13(16)19)6-2-3-7-14/h4-5,8H,2-3,6-7H2,1H3,(H2,16,19)(H,17,18). The molecule has 3 nitrogen and oxygen atoms in total. The molecule has 1 aromatic carbocycles. The summed E-state index contributed by atoms with van der Waals surface area (Å²) in [4.78, 5) is 12.5. The third kappa shape index (κ3) is 2.76. The van der Waals surface area contributed by atoms with Gasteiger partial charge in [0.1, 0.15) is 5.82 Å². The third-order valence-corrected chi connectivity index (χ3v) is 4.04. The van der Waals surface area contributed by atoms with Gasteiger partial charge in [-0.05, 0) is 31.9 Å². The normalized spacial score (nSPS) is 17.2. The van der Waals surface area contributed by atoms with E-state index in [1.807, 2.05) is 6.92 Å². The van der Waals surface area contributed by atoms with Crippen LogP contribution < -0.4 is 11.1 Å². The van der Waals surface area contributed by atoms with Crippen LogP contribution in [0, 0.1) is 12.7 Å². The molecule has 0 spiro atoms. The molecule has 1 aromatic rings. The van der Waals surface area contributed by atoms with E-state index >= 15 is 0 Å². The summed E-state index contributed by atoms with van der Waals surface area (Å²) in [5.41, 5.74) is 5.98. The zero-order chi connectivity index (χ0) is 14.0. The van der Waals surface area contributed by atoms with E-state index in [1.165, 1.54) is 12.1 Å². The quantitative estimate of drug-likeness (QED) is 0.836. The topological polar surface area (TPSA) is 55.1 Å². The summed E-state index contributed by atoms with van der Waals surface area (Å²) in [5, 5.41) is 2.83. The largest absolute Gasteiger partial charge is 0.391 e. The fourth-order valence-corrected chi connectivity index (χ4v) is 2.76. The molecule has 1 saturated carbocycles. The lowest BCUT2D eigenvalue weighted by Crippen LogP contribution is -2.54. The lowest BCUT2D eigenvalue weighted by molar-refractivity contribution is 0.0920. The Morgan fingerprint density at radius 1 is 1.42 bits per heavy atom. The molecule has 1 aliphatic rings. The minimum Gasteiger partial charge on any atom is -0.391 e. The third-order valence-electron chi connectivity index (χ3n) is 3.65. The van der Waals surface area contributed by atoms with Gasteiger partial charge in [-0.25, -0.2) is 4.39 Å². The first-order valence-electron chi connectivity index (χ1n) is 6.33. The van der Waals surface area contributed by atoms with E-state index in [9.17, 15) is 9.18 Å². The molecule has 19 heavy (non-hydrogen) atoms. The van der Waals surface area contributed by atoms with E-state index in [-0.39, 0.29) is 10.6 Å². The molecule has 0 heterocycles. The van der Waals surface area contributed by atoms with Crippen molar-refractivity contribution in [2.75, 3.05) is 0 Å². The molecule has 0 aromatic heterocycles. The Kier molecular flexibility index (Phi) is 3.85. The molecule has 0 radical (unpaired) electrons. The lowest BCUT2D eigenvalue weighted by Gasteiger charge is -2.29. The van der Waals surface area contributed by atoms with Crippen molar-refractivity contribution in [2.45, 2.75) is 38.1 Å². The summed E-state index contributed by atoms with van der Waals surface area (Å²) >= 11 is 5.06. The van der Waals surface area contributed by atoms with Gasteiger partial charge in [-0.2, -0.15) is 0 Å². The Labute approximate surface area is 117 Å². The Balaban J connectivity index is 2.25. The molecule has 2 rings (SSSR count). The Morgan fingerprint density at radius 2 is 2.05 bits per heavy atom. The molecule has 1 aliphatic carbocycles. The fraction of sp³-hybridized carbons (Fsp3) is 0.429. The van der Waals surface area contributed by atoms with E-state index in [2.05, 4.69) is 5.32 Å². The van der Waals surface area contributed by atoms with Gasteiger partial charge in [0, 0.05) is 0 Å². The maximum absolute atomic E-state index is 13.7. The van der Waals surface area contributed by atoms with Crippen LogP contribution in [0.4, 0.5) is 4.39 Å². The van der Waals surface area contributed by atoms with Crippen LogP contribution >= 0.6 is 12.2 Å². The minimum atomic E-state index is -0.650. The number of aryl methyl sites for hydroxylation is 1.